The molecule has 6 nitrogen and oxygen atoms in total. The van der Waals surface area contributed by atoms with Crippen LogP contribution in [0, 0.1) is 0 Å². The lowest BCUT2D eigenvalue weighted by atomic mass is 10.1. The molecule has 0 spiro atoms. The van der Waals surface area contributed by atoms with Gasteiger partial charge >= 0.3 is 0 Å². The lowest BCUT2D eigenvalue weighted by Gasteiger charge is -2.16. The van der Waals surface area contributed by atoms with Crippen LogP contribution in [0.4, 0.5) is 5.69 Å². The predicted molar refractivity (Wildman–Crippen MR) is 103 cm³/mol. The first-order valence-electron chi connectivity index (χ1n) is 7.81. The summed E-state index contributed by atoms with van der Waals surface area (Å²) in [6, 6.07) is 12.5. The van der Waals surface area contributed by atoms with Crippen molar-refractivity contribution in [2.24, 2.45) is 0 Å². The number of amides is 1. The molecule has 0 radical (unpaired) electrons. The van der Waals surface area contributed by atoms with E-state index in [1.165, 1.54) is 19.1 Å². The van der Waals surface area contributed by atoms with Crippen molar-refractivity contribution < 1.29 is 19.4 Å². The Kier molecular flexibility index (Phi) is 4.81. The minimum absolute atomic E-state index is 0.0929. The maximum Gasteiger partial charge on any atom is 0.281 e. The molecule has 134 valence electrons. The average Bonchev–Trinajstić information content (AvgIpc) is 2.87. The monoisotopic (exact) mass is 370 g/mol. The second kappa shape index (κ2) is 7.05. The number of thiocarbonyl (C=S) groups is 1. The smallest absolute Gasteiger partial charge is 0.281 e. The Hall–Kier alpha value is -3.06. The zero-order valence-corrected chi connectivity index (χ0v) is 15.4. The lowest BCUT2D eigenvalue weighted by molar-refractivity contribution is -0.114. The van der Waals surface area contributed by atoms with E-state index in [9.17, 15) is 9.90 Å². The largest absolute Gasteiger partial charge is 0.502 e. The Balaban J connectivity index is 2.04. The number of para-hydroxylation sites is 1. The molecule has 0 bridgehead atoms. The predicted octanol–water partition coefficient (Wildman–Crippen LogP) is 3.01. The number of anilines is 1. The molecule has 1 aliphatic heterocycles. The highest BCUT2D eigenvalue weighted by atomic mass is 32.1. The van der Waals surface area contributed by atoms with Crippen molar-refractivity contribution in [1.82, 2.24) is 4.90 Å². The van der Waals surface area contributed by atoms with E-state index in [-0.39, 0.29) is 23.2 Å². The summed E-state index contributed by atoms with van der Waals surface area (Å²) in [5.74, 6) is 0.193. The van der Waals surface area contributed by atoms with Crippen LogP contribution in [0.2, 0.25) is 0 Å². The maximum absolute atomic E-state index is 12.9. The number of carbonyl (C=O) groups is 1. The highest BCUT2D eigenvalue weighted by Gasteiger charge is 2.36. The van der Waals surface area contributed by atoms with Crippen LogP contribution in [0.1, 0.15) is 5.56 Å². The van der Waals surface area contributed by atoms with Crippen LogP contribution in [0.15, 0.2) is 48.2 Å². The zero-order chi connectivity index (χ0) is 18.8. The van der Waals surface area contributed by atoms with Crippen LogP contribution >= 0.6 is 12.2 Å². The van der Waals surface area contributed by atoms with Gasteiger partial charge in [0.1, 0.15) is 5.70 Å². The summed E-state index contributed by atoms with van der Waals surface area (Å²) in [6.07, 6.45) is 1.68. The minimum Gasteiger partial charge on any atom is -0.502 e. The average molecular weight is 370 g/mol. The number of carbonyl (C=O) groups excluding carboxylic acids is 1. The zero-order valence-electron chi connectivity index (χ0n) is 14.6. The van der Waals surface area contributed by atoms with E-state index in [0.29, 0.717) is 22.1 Å². The fourth-order valence-electron chi connectivity index (χ4n) is 2.72. The van der Waals surface area contributed by atoms with E-state index in [0.717, 1.165) is 0 Å². The van der Waals surface area contributed by atoms with Crippen LogP contribution in [0.3, 0.4) is 0 Å². The van der Waals surface area contributed by atoms with Gasteiger partial charge in [0.05, 0.1) is 19.9 Å². The van der Waals surface area contributed by atoms with E-state index in [1.807, 2.05) is 30.3 Å². The summed E-state index contributed by atoms with van der Waals surface area (Å²) in [7, 11) is 4.64. The summed E-state index contributed by atoms with van der Waals surface area (Å²) in [5, 5.41) is 10.4. The van der Waals surface area contributed by atoms with Gasteiger partial charge in [-0.15, -0.1) is 0 Å². The standard InChI is InChI=1S/C19H18N2O4S/c1-20-14(9-12-10-15(24-2)17(22)16(11-12)25-3)18(23)21(19(20)26)13-7-5-4-6-8-13/h4-11,22H,1-3H3/b14-9-. The quantitative estimate of drug-likeness (QED) is 0.659. The Bertz CT molecular complexity index is 871. The second-order valence-corrected chi connectivity index (χ2v) is 5.99. The first-order chi connectivity index (χ1) is 12.5. The fraction of sp³-hybridized carbons (Fsp3) is 0.158. The van der Waals surface area contributed by atoms with Gasteiger partial charge < -0.3 is 19.5 Å². The van der Waals surface area contributed by atoms with Crippen LogP contribution < -0.4 is 14.4 Å². The number of nitrogens with zero attached hydrogens (tertiary/aromatic N) is 2. The third kappa shape index (κ3) is 2.97. The van der Waals surface area contributed by atoms with E-state index >= 15 is 0 Å². The van der Waals surface area contributed by atoms with Gasteiger partial charge in [-0.25, -0.2) is 0 Å². The SMILES string of the molecule is COc1cc(/C=C2/C(=O)N(c3ccccc3)C(=S)N2C)cc(OC)c1O. The first kappa shape index (κ1) is 17.8. The summed E-state index contributed by atoms with van der Waals surface area (Å²) in [6.45, 7) is 0. The summed E-state index contributed by atoms with van der Waals surface area (Å²) < 4.78 is 10.3. The molecular formula is C19H18N2O4S. The number of hydrogen-bond acceptors (Lipinski definition) is 5. The third-order valence-electron chi connectivity index (χ3n) is 4.08. The highest BCUT2D eigenvalue weighted by molar-refractivity contribution is 7.80. The third-order valence-corrected chi connectivity index (χ3v) is 4.54. The molecule has 1 fully saturated rings. The van der Waals surface area contributed by atoms with E-state index in [2.05, 4.69) is 0 Å². The molecule has 1 heterocycles. The lowest BCUT2D eigenvalue weighted by Crippen LogP contribution is -2.30. The number of benzene rings is 2. The van der Waals surface area contributed by atoms with Gasteiger partial charge in [0.2, 0.25) is 5.75 Å². The minimum atomic E-state index is -0.227. The van der Waals surface area contributed by atoms with Crippen molar-refractivity contribution in [3.63, 3.8) is 0 Å². The second-order valence-electron chi connectivity index (χ2n) is 5.62. The van der Waals surface area contributed by atoms with Crippen LogP contribution in [-0.2, 0) is 4.79 Å². The van der Waals surface area contributed by atoms with Gasteiger partial charge in [-0.1, -0.05) is 18.2 Å². The number of phenols is 1. The molecule has 1 N–H and O–H groups in total. The molecule has 0 atom stereocenters. The summed E-state index contributed by atoms with van der Waals surface area (Å²) >= 11 is 5.43. The molecule has 0 unspecified atom stereocenters. The molecule has 3 rings (SSSR count). The Labute approximate surface area is 156 Å². The van der Waals surface area contributed by atoms with Crippen molar-refractivity contribution in [2.45, 2.75) is 0 Å². The van der Waals surface area contributed by atoms with Gasteiger partial charge in [-0.2, -0.15) is 0 Å². The van der Waals surface area contributed by atoms with Gasteiger partial charge in [0.15, 0.2) is 16.6 Å². The molecule has 2 aromatic rings. The first-order valence-corrected chi connectivity index (χ1v) is 8.22. The molecule has 0 aromatic heterocycles. The van der Waals surface area contributed by atoms with Crippen LogP contribution in [-0.4, -0.2) is 42.3 Å². The summed E-state index contributed by atoms with van der Waals surface area (Å²) in [4.78, 5) is 16.1. The number of hydrogen-bond donors (Lipinski definition) is 1. The van der Waals surface area contributed by atoms with Crippen molar-refractivity contribution in [1.29, 1.82) is 0 Å². The number of likely N-dealkylation sites (N-methyl/N-ethyl adjacent to an activating group) is 1. The normalized spacial score (nSPS) is 15.7. The number of phenolic OH excluding ortho intramolecular Hbond substituents is 1. The molecule has 0 aliphatic carbocycles. The Morgan fingerprint density at radius 1 is 1.08 bits per heavy atom. The maximum atomic E-state index is 12.9. The van der Waals surface area contributed by atoms with Crippen LogP contribution in [0.5, 0.6) is 17.2 Å². The highest BCUT2D eigenvalue weighted by Crippen LogP contribution is 2.38. The molecule has 2 aromatic carbocycles. The molecule has 26 heavy (non-hydrogen) atoms. The molecule has 0 saturated carbocycles. The molecule has 1 aliphatic rings. The summed E-state index contributed by atoms with van der Waals surface area (Å²) in [5.41, 5.74) is 1.76. The van der Waals surface area contributed by atoms with Gasteiger partial charge in [-0.05, 0) is 48.1 Å². The Morgan fingerprint density at radius 2 is 1.65 bits per heavy atom. The molecule has 1 saturated heterocycles. The van der Waals surface area contributed by atoms with Gasteiger partial charge in [0, 0.05) is 7.05 Å². The number of rotatable bonds is 4. The molecular weight excluding hydrogens is 352 g/mol. The van der Waals surface area contributed by atoms with E-state index < -0.39 is 0 Å². The number of methoxy groups -OCH3 is 2. The number of aromatic hydroxyl groups is 1. The van der Waals surface area contributed by atoms with Crippen molar-refractivity contribution >= 4 is 35.0 Å². The van der Waals surface area contributed by atoms with Crippen molar-refractivity contribution in [3.8, 4) is 17.2 Å². The van der Waals surface area contributed by atoms with Crippen molar-refractivity contribution in [2.75, 3.05) is 26.2 Å². The van der Waals surface area contributed by atoms with Gasteiger partial charge in [0.25, 0.3) is 5.91 Å². The van der Waals surface area contributed by atoms with Crippen molar-refractivity contribution in [3.05, 3.63) is 53.7 Å². The van der Waals surface area contributed by atoms with E-state index in [4.69, 9.17) is 21.7 Å². The molecule has 1 amide bonds. The van der Waals surface area contributed by atoms with E-state index in [1.54, 1.807) is 30.2 Å². The topological polar surface area (TPSA) is 62.2 Å². The molecule has 7 heteroatoms. The number of ether oxygens (including phenoxy) is 2. The Morgan fingerprint density at radius 3 is 2.19 bits per heavy atom. The van der Waals surface area contributed by atoms with Crippen LogP contribution in [0.25, 0.3) is 6.08 Å². The fourth-order valence-corrected chi connectivity index (χ4v) is 3.00. The van der Waals surface area contributed by atoms with Gasteiger partial charge in [-0.3, -0.25) is 9.69 Å².